The van der Waals surface area contributed by atoms with Gasteiger partial charge in [0, 0.05) is 10.4 Å². The van der Waals surface area contributed by atoms with E-state index < -0.39 is 0 Å². The normalized spacial score (nSPS) is 10.8. The highest BCUT2D eigenvalue weighted by Gasteiger charge is 2.13. The maximum absolute atomic E-state index is 5.83. The van der Waals surface area contributed by atoms with Crippen LogP contribution in [-0.4, -0.2) is 9.97 Å². The van der Waals surface area contributed by atoms with Crippen molar-refractivity contribution in [3.8, 4) is 5.88 Å². The second-order valence-corrected chi connectivity index (χ2v) is 5.99. The van der Waals surface area contributed by atoms with Crippen LogP contribution in [0, 0.1) is 6.92 Å². The zero-order valence-electron chi connectivity index (χ0n) is 12.4. The zero-order valence-corrected chi connectivity index (χ0v) is 13.9. The molecule has 21 heavy (non-hydrogen) atoms. The van der Waals surface area contributed by atoms with E-state index in [0.29, 0.717) is 24.1 Å². The van der Waals surface area contributed by atoms with Crippen LogP contribution in [0.5, 0.6) is 5.88 Å². The molecular weight excluding hydrogens is 332 g/mol. The van der Waals surface area contributed by atoms with Gasteiger partial charge in [0.05, 0.1) is 5.56 Å². The van der Waals surface area contributed by atoms with Gasteiger partial charge in [-0.05, 0) is 24.6 Å². The predicted octanol–water partition coefficient (Wildman–Crippen LogP) is 3.54. The average Bonchev–Trinajstić information content (AvgIpc) is 2.47. The fraction of sp³-hybridized carbons (Fsp3) is 0.333. The van der Waals surface area contributed by atoms with Crippen molar-refractivity contribution in [2.75, 3.05) is 5.43 Å². The number of nitrogens with two attached hydrogens (primary N) is 1. The van der Waals surface area contributed by atoms with E-state index in [0.717, 1.165) is 15.6 Å². The molecule has 3 N–H and O–H groups in total. The maximum atomic E-state index is 5.83. The molecule has 0 aliphatic heterocycles. The molecule has 0 fully saturated rings. The summed E-state index contributed by atoms with van der Waals surface area (Å²) in [4.78, 5) is 8.86. The van der Waals surface area contributed by atoms with Crippen LogP contribution in [-0.2, 0) is 6.61 Å². The van der Waals surface area contributed by atoms with Crippen LogP contribution in [0.3, 0.4) is 0 Å². The molecule has 6 heteroatoms. The Kier molecular flexibility index (Phi) is 5.14. The minimum Gasteiger partial charge on any atom is -0.472 e. The Labute approximate surface area is 133 Å². The summed E-state index contributed by atoms with van der Waals surface area (Å²) in [5.41, 5.74) is 4.48. The third kappa shape index (κ3) is 3.92. The second-order valence-electron chi connectivity index (χ2n) is 5.07. The minimum absolute atomic E-state index is 0.202. The zero-order chi connectivity index (χ0) is 15.4. The van der Waals surface area contributed by atoms with Crippen molar-refractivity contribution in [2.24, 2.45) is 5.84 Å². The first kappa shape index (κ1) is 15.7. The van der Waals surface area contributed by atoms with Gasteiger partial charge in [-0.1, -0.05) is 41.9 Å². The van der Waals surface area contributed by atoms with E-state index >= 15 is 0 Å². The molecule has 112 valence electrons. The average molecular weight is 351 g/mol. The van der Waals surface area contributed by atoms with E-state index in [1.54, 1.807) is 0 Å². The molecule has 1 aromatic carbocycles. The molecule has 0 unspecified atom stereocenters. The number of nitrogens with one attached hydrogen (secondary N) is 1. The van der Waals surface area contributed by atoms with Gasteiger partial charge in [-0.3, -0.25) is 0 Å². The van der Waals surface area contributed by atoms with Crippen LogP contribution in [0.1, 0.15) is 36.7 Å². The number of anilines is 1. The van der Waals surface area contributed by atoms with Gasteiger partial charge in [0.2, 0.25) is 5.88 Å². The first-order valence-corrected chi connectivity index (χ1v) is 7.53. The van der Waals surface area contributed by atoms with Gasteiger partial charge in [-0.2, -0.15) is 4.98 Å². The van der Waals surface area contributed by atoms with E-state index in [2.05, 4.69) is 31.3 Å². The van der Waals surface area contributed by atoms with Gasteiger partial charge >= 0.3 is 0 Å². The smallest absolute Gasteiger partial charge is 0.222 e. The lowest BCUT2D eigenvalue weighted by atomic mass is 10.2. The first-order valence-electron chi connectivity index (χ1n) is 6.73. The van der Waals surface area contributed by atoms with E-state index in [9.17, 15) is 0 Å². The van der Waals surface area contributed by atoms with E-state index in [1.807, 2.05) is 45.0 Å². The number of benzene rings is 1. The topological polar surface area (TPSA) is 73.1 Å². The van der Waals surface area contributed by atoms with Gasteiger partial charge in [0.15, 0.2) is 0 Å². The third-order valence-corrected chi connectivity index (χ3v) is 3.59. The number of nitrogen functional groups attached to an aromatic ring is 1. The van der Waals surface area contributed by atoms with E-state index in [1.165, 1.54) is 0 Å². The van der Waals surface area contributed by atoms with Gasteiger partial charge in [-0.25, -0.2) is 10.8 Å². The number of aromatic nitrogens is 2. The number of hydrogen-bond acceptors (Lipinski definition) is 5. The fourth-order valence-corrected chi connectivity index (χ4v) is 2.05. The second kappa shape index (κ2) is 6.87. The molecule has 0 atom stereocenters. The molecule has 2 aromatic rings. The standard InChI is InChI=1S/C15H19BrN4O/c1-9(2)13-18-14(20-17)10(3)15(19-13)21-8-11-4-6-12(16)7-5-11/h4-7,9H,8,17H2,1-3H3,(H,18,19,20). The molecule has 0 amide bonds. The molecule has 0 aliphatic carbocycles. The van der Waals surface area contributed by atoms with Crippen LogP contribution < -0.4 is 16.0 Å². The summed E-state index contributed by atoms with van der Waals surface area (Å²) < 4.78 is 6.88. The minimum atomic E-state index is 0.202. The number of nitrogens with zero attached hydrogens (tertiary/aromatic N) is 2. The molecule has 2 rings (SSSR count). The highest BCUT2D eigenvalue weighted by atomic mass is 79.9. The predicted molar refractivity (Wildman–Crippen MR) is 87.1 cm³/mol. The summed E-state index contributed by atoms with van der Waals surface area (Å²) in [6.07, 6.45) is 0. The van der Waals surface area contributed by atoms with Crippen molar-refractivity contribution < 1.29 is 4.74 Å². The highest BCUT2D eigenvalue weighted by Crippen LogP contribution is 2.25. The Morgan fingerprint density at radius 1 is 1.24 bits per heavy atom. The summed E-state index contributed by atoms with van der Waals surface area (Å²) in [6.45, 7) is 6.40. The molecule has 0 radical (unpaired) electrons. The SMILES string of the molecule is Cc1c(NN)nc(C(C)C)nc1OCc1ccc(Br)cc1. The number of rotatable bonds is 5. The van der Waals surface area contributed by atoms with Gasteiger partial charge in [-0.15, -0.1) is 0 Å². The summed E-state index contributed by atoms with van der Waals surface area (Å²) in [5.74, 6) is 7.58. The van der Waals surface area contributed by atoms with Crippen LogP contribution in [0.25, 0.3) is 0 Å². The monoisotopic (exact) mass is 350 g/mol. The number of halogens is 1. The summed E-state index contributed by atoms with van der Waals surface area (Å²) in [7, 11) is 0. The van der Waals surface area contributed by atoms with Gasteiger partial charge < -0.3 is 10.2 Å². The lowest BCUT2D eigenvalue weighted by Crippen LogP contribution is -2.14. The van der Waals surface area contributed by atoms with E-state index in [-0.39, 0.29) is 5.92 Å². The molecule has 0 spiro atoms. The van der Waals surface area contributed by atoms with Crippen molar-refractivity contribution in [3.05, 3.63) is 45.7 Å². The third-order valence-electron chi connectivity index (χ3n) is 3.06. The van der Waals surface area contributed by atoms with E-state index in [4.69, 9.17) is 10.6 Å². The van der Waals surface area contributed by atoms with Crippen LogP contribution >= 0.6 is 15.9 Å². The summed E-state index contributed by atoms with van der Waals surface area (Å²) in [5, 5.41) is 0. The molecule has 1 heterocycles. The Hall–Kier alpha value is -1.66. The maximum Gasteiger partial charge on any atom is 0.222 e. The van der Waals surface area contributed by atoms with Crippen molar-refractivity contribution in [1.29, 1.82) is 0 Å². The Morgan fingerprint density at radius 2 is 1.90 bits per heavy atom. The molecule has 0 saturated carbocycles. The Bertz CT molecular complexity index is 614. The van der Waals surface area contributed by atoms with Crippen LogP contribution in [0.2, 0.25) is 0 Å². The van der Waals surface area contributed by atoms with Crippen molar-refractivity contribution in [3.63, 3.8) is 0 Å². The number of hydrazine groups is 1. The largest absolute Gasteiger partial charge is 0.472 e. The molecule has 0 aliphatic rings. The van der Waals surface area contributed by atoms with Gasteiger partial charge in [0.1, 0.15) is 18.2 Å². The number of ether oxygens (including phenoxy) is 1. The molecule has 0 bridgehead atoms. The van der Waals surface area contributed by atoms with Crippen molar-refractivity contribution in [2.45, 2.75) is 33.3 Å². The fourth-order valence-electron chi connectivity index (χ4n) is 1.78. The summed E-state index contributed by atoms with van der Waals surface area (Å²) >= 11 is 3.41. The van der Waals surface area contributed by atoms with Crippen molar-refractivity contribution >= 4 is 21.7 Å². The van der Waals surface area contributed by atoms with Gasteiger partial charge in [0.25, 0.3) is 0 Å². The van der Waals surface area contributed by atoms with Crippen LogP contribution in [0.4, 0.5) is 5.82 Å². The van der Waals surface area contributed by atoms with Crippen molar-refractivity contribution in [1.82, 2.24) is 9.97 Å². The Morgan fingerprint density at radius 3 is 2.48 bits per heavy atom. The molecule has 1 aromatic heterocycles. The first-order chi connectivity index (χ1) is 10.0. The highest BCUT2D eigenvalue weighted by molar-refractivity contribution is 9.10. The summed E-state index contributed by atoms with van der Waals surface area (Å²) in [6, 6.07) is 7.98. The van der Waals surface area contributed by atoms with Crippen LogP contribution in [0.15, 0.2) is 28.7 Å². The molecular formula is C15H19BrN4O. The Balaban J connectivity index is 2.22. The lowest BCUT2D eigenvalue weighted by Gasteiger charge is -2.14. The lowest BCUT2D eigenvalue weighted by molar-refractivity contribution is 0.289. The molecule has 0 saturated heterocycles. The quantitative estimate of drug-likeness (QED) is 0.637. The number of hydrogen-bond donors (Lipinski definition) is 2. The molecule has 5 nitrogen and oxygen atoms in total.